The van der Waals surface area contributed by atoms with Crippen molar-refractivity contribution in [2.45, 2.75) is 0 Å². The molecule has 0 saturated heterocycles. The Kier molecular flexibility index (Phi) is 345. The number of hydrogen-bond acceptors (Lipinski definition) is 1. The van der Waals surface area contributed by atoms with E-state index in [0.717, 1.165) is 0 Å². The van der Waals surface area contributed by atoms with Crippen LogP contribution in [0.1, 0.15) is 0 Å². The Bertz CT molecular complexity index is 19.7. The van der Waals surface area contributed by atoms with E-state index < -0.39 is 0 Å². The van der Waals surface area contributed by atoms with Gasteiger partial charge in [-0.3, -0.25) is 0 Å². The third-order valence-corrected chi connectivity index (χ3v) is 0. The zero-order valence-corrected chi connectivity index (χ0v) is 11.0. The standard InChI is InChI=1S/Ce.Co.Cu.Fe.Mn.Ni.O. The first kappa shape index (κ1) is 45.4. The van der Waals surface area contributed by atoms with Crippen molar-refractivity contribution in [2.24, 2.45) is 0 Å². The Balaban J connectivity index is -0.000000000500. The molecule has 0 spiro atoms. The van der Waals surface area contributed by atoms with Crippen molar-refractivity contribution in [1.29, 1.82) is 0 Å². The fourth-order valence-corrected chi connectivity index (χ4v) is 0. The third kappa shape index (κ3) is 41.8. The van der Waals surface area contributed by atoms with Gasteiger partial charge in [-0.05, 0) is 0 Å². The van der Waals surface area contributed by atoms with E-state index in [9.17, 15) is 0 Å². The van der Waals surface area contributed by atoms with Crippen molar-refractivity contribution in [2.75, 3.05) is 0 Å². The number of hydrogen-bond donors (Lipinski definition) is 0. The van der Waals surface area contributed by atoms with E-state index >= 15 is 0 Å². The topological polar surface area (TPSA) is 17.1 Å². The van der Waals surface area contributed by atoms with Gasteiger partial charge in [0.05, 0.1) is 0 Å². The fraction of sp³-hybridized carbons (Fsp3) is 0. The summed E-state index contributed by atoms with van der Waals surface area (Å²) in [5.74, 6) is 0. The van der Waals surface area contributed by atoms with E-state index in [1.807, 2.05) is 0 Å². The summed E-state index contributed by atoms with van der Waals surface area (Å²) < 4.78 is 8.39. The zero-order chi connectivity index (χ0) is 2.00. The maximum absolute atomic E-state index is 8.39. The van der Waals surface area contributed by atoms with Crippen LogP contribution < -0.4 is 0 Å². The van der Waals surface area contributed by atoms with Crippen molar-refractivity contribution in [3.63, 3.8) is 0 Å². The summed E-state index contributed by atoms with van der Waals surface area (Å²) in [5, 5.41) is 0. The summed E-state index contributed by atoms with van der Waals surface area (Å²) in [6.45, 7) is 0. The zero-order valence-electron chi connectivity index (χ0n) is 2.59. The molecule has 0 amide bonds. The van der Waals surface area contributed by atoms with Gasteiger partial charge in [0.15, 0.2) is 0 Å². The van der Waals surface area contributed by atoms with Gasteiger partial charge in [0.2, 0.25) is 0 Å². The van der Waals surface area contributed by atoms with Gasteiger partial charge in [-0.25, -0.2) is 0 Å². The fourth-order valence-electron chi connectivity index (χ4n) is 0. The van der Waals surface area contributed by atoms with E-state index in [1.165, 1.54) is 0 Å². The molecule has 0 heterocycles. The average Bonchev–Trinajstić information content (AvgIpc) is 1.00. The second kappa shape index (κ2) is 53.2. The Morgan fingerprint density at radius 1 is 1.14 bits per heavy atom. The van der Waals surface area contributed by atoms with E-state index in [-0.39, 0.29) is 124 Å². The molecule has 0 fully saturated rings. The van der Waals surface area contributed by atoms with Gasteiger partial charge in [-0.15, -0.1) is 0 Å². The summed E-state index contributed by atoms with van der Waals surface area (Å²) in [6, 6.07) is 0. The second-order valence-corrected chi connectivity index (χ2v) is 0. The van der Waals surface area contributed by atoms with Crippen molar-refractivity contribution >= 4 is 0 Å². The van der Waals surface area contributed by atoms with Gasteiger partial charge in [-0.2, -0.15) is 0 Å². The first-order valence-electron chi connectivity index (χ1n) is 0.204. The molecule has 0 aliphatic rings. The summed E-state index contributed by atoms with van der Waals surface area (Å²) in [5.41, 5.74) is 0. The molecule has 0 atom stereocenters. The Morgan fingerprint density at radius 2 is 1.14 bits per heavy atom. The SMILES string of the molecule is [Co].[Cu].[Fe].[Mn].[Ni].[O]=[Ce]. The quantitative estimate of drug-likeness (QED) is 0.473. The van der Waals surface area contributed by atoms with Crippen LogP contribution in [0.3, 0.4) is 0 Å². The maximum atomic E-state index is 8.39. The molecular weight excluding hydrogens is 448 g/mol. The molecule has 0 aliphatic carbocycles. The summed E-state index contributed by atoms with van der Waals surface area (Å²) in [6.07, 6.45) is 0. The van der Waals surface area contributed by atoms with Crippen LogP contribution >= 0.6 is 0 Å². The molecule has 1 nitrogen and oxygen atoms in total. The molecule has 0 aromatic heterocycles. The van der Waals surface area contributed by atoms with E-state index in [1.54, 1.807) is 0 Å². The predicted molar refractivity (Wildman–Crippen MR) is 0.686 cm³/mol. The second-order valence-electron chi connectivity index (χ2n) is 0. The molecular formula is CeCoCuFeMnNiO. The molecule has 3 radical (unpaired) electrons. The first-order chi connectivity index (χ1) is 1.00. The minimum absolute atomic E-state index is 0. The van der Waals surface area contributed by atoms with Crippen LogP contribution in [0.25, 0.3) is 0 Å². The van der Waals surface area contributed by atoms with Gasteiger partial charge < -0.3 is 0 Å². The Hall–Kier alpha value is 3.74. The van der Waals surface area contributed by atoms with Crippen LogP contribution in [0.5, 0.6) is 0 Å². The predicted octanol–water partition coefficient (Wildman–Crippen LogP) is -0.131. The molecule has 7 heteroatoms. The van der Waals surface area contributed by atoms with Gasteiger partial charge in [0.1, 0.15) is 0 Å². The van der Waals surface area contributed by atoms with Crippen molar-refractivity contribution in [3.8, 4) is 0 Å². The van der Waals surface area contributed by atoms with E-state index in [4.69, 9.17) is 0.938 Å². The molecule has 0 unspecified atom stereocenters. The molecule has 0 rings (SSSR count). The normalized spacial score (nSPS) is 0.429. The number of rotatable bonds is 0. The molecule has 55 valence electrons. The summed E-state index contributed by atoms with van der Waals surface area (Å²) in [4.78, 5) is 0. The van der Waals surface area contributed by atoms with Crippen LogP contribution in [0.15, 0.2) is 0 Å². The van der Waals surface area contributed by atoms with Crippen LogP contribution in [0, 0.1) is 39.8 Å². The summed E-state index contributed by atoms with van der Waals surface area (Å²) >= 11 is 0.0556. The van der Waals surface area contributed by atoms with Crippen LogP contribution in [-0.2, 0) is 85.4 Å². The van der Waals surface area contributed by atoms with Gasteiger partial charge in [-0.1, -0.05) is 0 Å². The molecule has 0 N–H and O–H groups in total. The van der Waals surface area contributed by atoms with Crippen LogP contribution in [-0.4, -0.2) is 0 Å². The molecule has 7 heavy (non-hydrogen) atoms. The van der Waals surface area contributed by atoms with Crippen molar-refractivity contribution in [3.05, 3.63) is 0 Å². The monoisotopic (exact) mass is 447 g/mol. The van der Waals surface area contributed by atoms with Crippen molar-refractivity contribution < 1.29 is 125 Å². The first-order valence-corrected chi connectivity index (χ1v) is 1.49. The molecule has 0 bridgehead atoms. The van der Waals surface area contributed by atoms with Gasteiger partial charge in [0.25, 0.3) is 0 Å². The summed E-state index contributed by atoms with van der Waals surface area (Å²) in [7, 11) is 0. The molecule has 0 aromatic carbocycles. The minimum atomic E-state index is 0. The molecule has 0 saturated carbocycles. The third-order valence-electron chi connectivity index (χ3n) is 0. The molecule has 0 aromatic rings. The van der Waals surface area contributed by atoms with Crippen molar-refractivity contribution in [1.82, 2.24) is 0 Å². The van der Waals surface area contributed by atoms with Crippen LogP contribution in [0.2, 0.25) is 0 Å². The van der Waals surface area contributed by atoms with E-state index in [0.29, 0.717) is 0 Å². The average molecular weight is 448 g/mol. The Morgan fingerprint density at radius 3 is 1.14 bits per heavy atom. The van der Waals surface area contributed by atoms with Gasteiger partial charge >= 0.3 is 40.7 Å². The van der Waals surface area contributed by atoms with Gasteiger partial charge in [0, 0.05) is 84.5 Å². The molecule has 0 aliphatic heterocycles. The van der Waals surface area contributed by atoms with E-state index in [2.05, 4.69) is 0 Å². The Labute approximate surface area is 122 Å². The van der Waals surface area contributed by atoms with Crippen LogP contribution in [0.4, 0.5) is 0 Å².